The Bertz CT molecular complexity index is 343. The van der Waals surface area contributed by atoms with Crippen LogP contribution in [-0.2, 0) is 0 Å². The van der Waals surface area contributed by atoms with Crippen LogP contribution in [0, 0.1) is 12.8 Å². The molecule has 1 heteroatoms. The zero-order valence-electron chi connectivity index (χ0n) is 10.7. The van der Waals surface area contributed by atoms with Crippen molar-refractivity contribution in [3.8, 4) is 0 Å². The molecule has 1 heterocycles. The predicted octanol–water partition coefficient (Wildman–Crippen LogP) is 3.49. The molecule has 1 aliphatic heterocycles. The summed E-state index contributed by atoms with van der Waals surface area (Å²) in [6.07, 6.45) is 2.58. The van der Waals surface area contributed by atoms with Crippen molar-refractivity contribution in [2.45, 2.75) is 45.6 Å². The van der Waals surface area contributed by atoms with Gasteiger partial charge in [-0.2, -0.15) is 0 Å². The molecule has 1 aromatic rings. The third-order valence-corrected chi connectivity index (χ3v) is 3.66. The van der Waals surface area contributed by atoms with Crippen LogP contribution in [0.15, 0.2) is 24.3 Å². The molecule has 2 rings (SSSR count). The Morgan fingerprint density at radius 2 is 2.06 bits per heavy atom. The van der Waals surface area contributed by atoms with Gasteiger partial charge in [0.25, 0.3) is 0 Å². The lowest BCUT2D eigenvalue weighted by Gasteiger charge is -2.23. The molecule has 1 N–H and O–H groups in total. The fraction of sp³-hybridized carbons (Fsp3) is 0.600. The van der Waals surface area contributed by atoms with Gasteiger partial charge >= 0.3 is 0 Å². The molecule has 1 fully saturated rings. The van der Waals surface area contributed by atoms with E-state index in [1.54, 1.807) is 5.56 Å². The van der Waals surface area contributed by atoms with Crippen LogP contribution in [-0.4, -0.2) is 12.6 Å². The van der Waals surface area contributed by atoms with E-state index in [1.807, 2.05) is 0 Å². The smallest absolute Gasteiger partial charge is 0.0139 e. The van der Waals surface area contributed by atoms with Gasteiger partial charge < -0.3 is 5.32 Å². The number of rotatable bonds is 3. The van der Waals surface area contributed by atoms with Gasteiger partial charge in [-0.25, -0.2) is 0 Å². The molecule has 0 aliphatic carbocycles. The first-order chi connectivity index (χ1) is 7.68. The second kappa shape index (κ2) is 5.01. The van der Waals surface area contributed by atoms with Crippen molar-refractivity contribution in [3.63, 3.8) is 0 Å². The molecule has 0 aromatic heterocycles. The minimum Gasteiger partial charge on any atom is -0.313 e. The number of nitrogens with one attached hydrogen (secondary N) is 1. The highest BCUT2D eigenvalue weighted by Gasteiger charge is 2.29. The maximum absolute atomic E-state index is 3.66. The van der Waals surface area contributed by atoms with Gasteiger partial charge in [0.1, 0.15) is 0 Å². The van der Waals surface area contributed by atoms with Gasteiger partial charge in [-0.3, -0.25) is 0 Å². The average Bonchev–Trinajstić information content (AvgIpc) is 2.66. The van der Waals surface area contributed by atoms with Crippen LogP contribution < -0.4 is 5.32 Å². The molecule has 88 valence electrons. The second-order valence-electron chi connectivity index (χ2n) is 5.44. The normalized spacial score (nSPS) is 25.2. The zero-order valence-corrected chi connectivity index (χ0v) is 10.7. The van der Waals surface area contributed by atoms with Gasteiger partial charge in [0.15, 0.2) is 0 Å². The van der Waals surface area contributed by atoms with Crippen LogP contribution in [0.2, 0.25) is 0 Å². The number of hydrogen-bond acceptors (Lipinski definition) is 1. The van der Waals surface area contributed by atoms with Crippen LogP contribution in [0.5, 0.6) is 0 Å². The lowest BCUT2D eigenvalue weighted by Crippen LogP contribution is -2.27. The first-order valence-corrected chi connectivity index (χ1v) is 6.47. The van der Waals surface area contributed by atoms with Crippen molar-refractivity contribution in [2.75, 3.05) is 6.54 Å². The Labute approximate surface area is 99.3 Å². The molecular formula is C15H23N. The monoisotopic (exact) mass is 217 g/mol. The largest absolute Gasteiger partial charge is 0.313 e. The maximum atomic E-state index is 3.66. The molecule has 1 nitrogen and oxygen atoms in total. The summed E-state index contributed by atoms with van der Waals surface area (Å²) >= 11 is 0. The van der Waals surface area contributed by atoms with E-state index in [4.69, 9.17) is 0 Å². The zero-order chi connectivity index (χ0) is 11.5. The van der Waals surface area contributed by atoms with Crippen LogP contribution >= 0.6 is 0 Å². The van der Waals surface area contributed by atoms with E-state index in [0.717, 1.165) is 11.8 Å². The predicted molar refractivity (Wildman–Crippen MR) is 69.8 cm³/mol. The molecule has 16 heavy (non-hydrogen) atoms. The minimum absolute atomic E-state index is 0.682. The van der Waals surface area contributed by atoms with E-state index in [-0.39, 0.29) is 0 Å². The quantitative estimate of drug-likeness (QED) is 0.817. The van der Waals surface area contributed by atoms with E-state index in [2.05, 4.69) is 50.4 Å². The summed E-state index contributed by atoms with van der Waals surface area (Å²) in [6.45, 7) is 8.04. The van der Waals surface area contributed by atoms with E-state index in [9.17, 15) is 0 Å². The number of benzene rings is 1. The highest BCUT2D eigenvalue weighted by atomic mass is 14.9. The van der Waals surface area contributed by atoms with Gasteiger partial charge in [0.05, 0.1) is 0 Å². The van der Waals surface area contributed by atoms with Gasteiger partial charge in [-0.1, -0.05) is 38.1 Å². The summed E-state index contributed by atoms with van der Waals surface area (Å²) in [4.78, 5) is 0. The van der Waals surface area contributed by atoms with Crippen LogP contribution in [0.25, 0.3) is 0 Å². The number of hydrogen-bond donors (Lipinski definition) is 1. The molecule has 1 saturated heterocycles. The Balaban J connectivity index is 2.17. The van der Waals surface area contributed by atoms with Crippen molar-refractivity contribution < 1.29 is 0 Å². The fourth-order valence-electron chi connectivity index (χ4n) is 2.90. The average molecular weight is 217 g/mol. The third-order valence-electron chi connectivity index (χ3n) is 3.66. The molecule has 0 amide bonds. The van der Waals surface area contributed by atoms with Crippen molar-refractivity contribution in [3.05, 3.63) is 35.4 Å². The summed E-state index contributed by atoms with van der Waals surface area (Å²) < 4.78 is 0. The topological polar surface area (TPSA) is 12.0 Å². The minimum atomic E-state index is 0.682. The molecule has 0 radical (unpaired) electrons. The Morgan fingerprint density at radius 1 is 1.31 bits per heavy atom. The Kier molecular flexibility index (Phi) is 3.65. The first-order valence-electron chi connectivity index (χ1n) is 6.47. The van der Waals surface area contributed by atoms with Crippen molar-refractivity contribution in [1.82, 2.24) is 5.32 Å². The Morgan fingerprint density at radius 3 is 2.75 bits per heavy atom. The molecule has 0 spiro atoms. The molecule has 2 unspecified atom stereocenters. The second-order valence-corrected chi connectivity index (χ2v) is 5.44. The van der Waals surface area contributed by atoms with E-state index < -0.39 is 0 Å². The lowest BCUT2D eigenvalue weighted by molar-refractivity contribution is 0.433. The van der Waals surface area contributed by atoms with Gasteiger partial charge in [0, 0.05) is 12.0 Å². The van der Waals surface area contributed by atoms with Gasteiger partial charge in [0.2, 0.25) is 0 Å². The molecule has 1 aliphatic rings. The van der Waals surface area contributed by atoms with E-state index >= 15 is 0 Å². The third kappa shape index (κ3) is 2.46. The molecule has 1 aromatic carbocycles. The highest BCUT2D eigenvalue weighted by Crippen LogP contribution is 2.32. The number of aryl methyl sites for hydroxylation is 1. The summed E-state index contributed by atoms with van der Waals surface area (Å²) in [6, 6.07) is 9.53. The van der Waals surface area contributed by atoms with Gasteiger partial charge in [-0.05, 0) is 43.4 Å². The molecular weight excluding hydrogens is 194 g/mol. The maximum Gasteiger partial charge on any atom is 0.0139 e. The summed E-state index contributed by atoms with van der Waals surface area (Å²) in [5.74, 6) is 1.51. The summed E-state index contributed by atoms with van der Waals surface area (Å²) in [7, 11) is 0. The fourth-order valence-corrected chi connectivity index (χ4v) is 2.90. The van der Waals surface area contributed by atoms with E-state index in [0.29, 0.717) is 6.04 Å². The van der Waals surface area contributed by atoms with E-state index in [1.165, 1.54) is 24.9 Å². The van der Waals surface area contributed by atoms with Crippen molar-refractivity contribution in [1.29, 1.82) is 0 Å². The molecule has 2 atom stereocenters. The van der Waals surface area contributed by atoms with Gasteiger partial charge in [-0.15, -0.1) is 0 Å². The SMILES string of the molecule is Cc1ccccc1C1CCNC1CC(C)C. The molecule has 0 bridgehead atoms. The lowest BCUT2D eigenvalue weighted by atomic mass is 9.85. The van der Waals surface area contributed by atoms with Crippen LogP contribution in [0.4, 0.5) is 0 Å². The Hall–Kier alpha value is -0.820. The van der Waals surface area contributed by atoms with Crippen LogP contribution in [0.1, 0.15) is 43.7 Å². The first kappa shape index (κ1) is 11.7. The summed E-state index contributed by atoms with van der Waals surface area (Å²) in [5.41, 5.74) is 3.00. The van der Waals surface area contributed by atoms with Crippen molar-refractivity contribution >= 4 is 0 Å². The van der Waals surface area contributed by atoms with Crippen molar-refractivity contribution in [2.24, 2.45) is 5.92 Å². The highest BCUT2D eigenvalue weighted by molar-refractivity contribution is 5.31. The standard InChI is InChI=1S/C15H23N/c1-11(2)10-15-14(8-9-16-15)13-7-5-4-6-12(13)3/h4-7,11,14-16H,8-10H2,1-3H3. The van der Waals surface area contributed by atoms with Crippen LogP contribution in [0.3, 0.4) is 0 Å². The summed E-state index contributed by atoms with van der Waals surface area (Å²) in [5, 5.41) is 3.66. The molecule has 0 saturated carbocycles.